The van der Waals surface area contributed by atoms with E-state index in [1.165, 1.54) is 17.7 Å². The molecule has 1 amide bonds. The summed E-state index contributed by atoms with van der Waals surface area (Å²) >= 11 is 5.43. The van der Waals surface area contributed by atoms with Gasteiger partial charge < -0.3 is 20.4 Å². The summed E-state index contributed by atoms with van der Waals surface area (Å²) in [5, 5.41) is 7.09. The molecule has 0 spiro atoms. The molecule has 0 radical (unpaired) electrons. The topological polar surface area (TPSA) is 47.6 Å². The van der Waals surface area contributed by atoms with E-state index >= 15 is 0 Å². The quantitative estimate of drug-likeness (QED) is 0.457. The Morgan fingerprint density at radius 2 is 1.71 bits per heavy atom. The SMILES string of the molecule is CCN(CCCNC(=S)Nc1ccc(C(=O)N2CCCCC2)cc1)c1ccc(C)cc1. The van der Waals surface area contributed by atoms with Crippen LogP contribution < -0.4 is 15.5 Å². The normalized spacial score (nSPS) is 13.5. The molecule has 31 heavy (non-hydrogen) atoms. The van der Waals surface area contributed by atoms with E-state index < -0.39 is 0 Å². The summed E-state index contributed by atoms with van der Waals surface area (Å²) in [6, 6.07) is 16.3. The van der Waals surface area contributed by atoms with Crippen LogP contribution in [0, 0.1) is 6.92 Å². The maximum atomic E-state index is 12.6. The maximum absolute atomic E-state index is 12.6. The molecular formula is C25H34N4OS. The first kappa shape index (κ1) is 23.1. The molecule has 166 valence electrons. The smallest absolute Gasteiger partial charge is 0.253 e. The van der Waals surface area contributed by atoms with Crippen LogP contribution in [0.25, 0.3) is 0 Å². The molecule has 5 nitrogen and oxygen atoms in total. The lowest BCUT2D eigenvalue weighted by Gasteiger charge is -2.26. The molecule has 1 heterocycles. The fourth-order valence-corrected chi connectivity index (χ4v) is 4.07. The molecule has 1 aliphatic heterocycles. The Balaban J connectivity index is 1.40. The minimum absolute atomic E-state index is 0.126. The molecule has 0 unspecified atom stereocenters. The van der Waals surface area contributed by atoms with E-state index in [1.54, 1.807) is 0 Å². The number of thiocarbonyl (C=S) groups is 1. The summed E-state index contributed by atoms with van der Waals surface area (Å²) in [6.45, 7) is 8.78. The fraction of sp³-hybridized carbons (Fsp3) is 0.440. The Morgan fingerprint density at radius 3 is 2.35 bits per heavy atom. The molecule has 3 rings (SSSR count). The first-order valence-corrected chi connectivity index (χ1v) is 11.7. The number of carbonyl (C=O) groups is 1. The zero-order valence-electron chi connectivity index (χ0n) is 18.7. The number of nitrogens with one attached hydrogen (secondary N) is 2. The summed E-state index contributed by atoms with van der Waals surface area (Å²) in [5.41, 5.74) is 4.17. The average molecular weight is 439 g/mol. The largest absolute Gasteiger partial charge is 0.372 e. The molecule has 1 aliphatic rings. The van der Waals surface area contributed by atoms with E-state index in [0.29, 0.717) is 5.11 Å². The second-order valence-corrected chi connectivity index (χ2v) is 8.49. The van der Waals surface area contributed by atoms with Crippen molar-refractivity contribution in [3.63, 3.8) is 0 Å². The van der Waals surface area contributed by atoms with Gasteiger partial charge in [-0.1, -0.05) is 17.7 Å². The van der Waals surface area contributed by atoms with Gasteiger partial charge in [-0.2, -0.15) is 0 Å². The van der Waals surface area contributed by atoms with Gasteiger partial charge in [0.1, 0.15) is 0 Å². The number of aryl methyl sites for hydroxylation is 1. The number of carbonyl (C=O) groups excluding carboxylic acids is 1. The molecule has 0 atom stereocenters. The number of anilines is 2. The van der Waals surface area contributed by atoms with Crippen LogP contribution in [0.1, 0.15) is 48.5 Å². The summed E-state index contributed by atoms with van der Waals surface area (Å²) in [6.07, 6.45) is 4.42. The van der Waals surface area contributed by atoms with E-state index in [4.69, 9.17) is 12.2 Å². The first-order valence-electron chi connectivity index (χ1n) is 11.3. The zero-order valence-corrected chi connectivity index (χ0v) is 19.5. The van der Waals surface area contributed by atoms with Crippen molar-refractivity contribution < 1.29 is 4.79 Å². The molecule has 2 aromatic carbocycles. The second-order valence-electron chi connectivity index (χ2n) is 8.08. The predicted molar refractivity (Wildman–Crippen MR) is 134 cm³/mol. The van der Waals surface area contributed by atoms with Gasteiger partial charge in [-0.15, -0.1) is 0 Å². The number of hydrogen-bond donors (Lipinski definition) is 2. The van der Waals surface area contributed by atoms with E-state index in [0.717, 1.165) is 63.2 Å². The van der Waals surface area contributed by atoms with Crippen LogP contribution in [-0.2, 0) is 0 Å². The number of benzene rings is 2. The summed E-state index contributed by atoms with van der Waals surface area (Å²) < 4.78 is 0. The van der Waals surface area contributed by atoms with Crippen LogP contribution in [0.4, 0.5) is 11.4 Å². The van der Waals surface area contributed by atoms with Crippen LogP contribution in [0.3, 0.4) is 0 Å². The highest BCUT2D eigenvalue weighted by molar-refractivity contribution is 7.80. The summed E-state index contributed by atoms with van der Waals surface area (Å²) in [4.78, 5) is 16.9. The van der Waals surface area contributed by atoms with Crippen LogP contribution in [0.15, 0.2) is 48.5 Å². The van der Waals surface area contributed by atoms with Crippen LogP contribution in [-0.4, -0.2) is 48.6 Å². The van der Waals surface area contributed by atoms with E-state index in [-0.39, 0.29) is 5.91 Å². The molecule has 0 saturated carbocycles. The third-order valence-corrected chi connectivity index (χ3v) is 5.95. The second kappa shape index (κ2) is 11.7. The van der Waals surface area contributed by atoms with Crippen molar-refractivity contribution in [1.82, 2.24) is 10.2 Å². The lowest BCUT2D eigenvalue weighted by molar-refractivity contribution is 0.0724. The van der Waals surface area contributed by atoms with E-state index in [1.807, 2.05) is 29.2 Å². The van der Waals surface area contributed by atoms with Gasteiger partial charge in [0.05, 0.1) is 0 Å². The highest BCUT2D eigenvalue weighted by Crippen LogP contribution is 2.16. The Labute approximate surface area is 191 Å². The maximum Gasteiger partial charge on any atom is 0.253 e. The highest BCUT2D eigenvalue weighted by Gasteiger charge is 2.17. The molecule has 6 heteroatoms. The van der Waals surface area contributed by atoms with Gasteiger partial charge in [-0.05, 0) is 88.1 Å². The third kappa shape index (κ3) is 6.96. The van der Waals surface area contributed by atoms with Gasteiger partial charge in [-0.3, -0.25) is 4.79 Å². The van der Waals surface area contributed by atoms with Gasteiger partial charge in [0.2, 0.25) is 0 Å². The first-order chi connectivity index (χ1) is 15.1. The van der Waals surface area contributed by atoms with Crippen molar-refractivity contribution in [3.8, 4) is 0 Å². The Kier molecular flexibility index (Phi) is 8.71. The average Bonchev–Trinajstić information content (AvgIpc) is 2.80. The molecule has 0 aromatic heterocycles. The Bertz CT molecular complexity index is 845. The molecule has 0 bridgehead atoms. The van der Waals surface area contributed by atoms with Crippen molar-refractivity contribution in [2.45, 2.75) is 39.5 Å². The zero-order chi connectivity index (χ0) is 22.1. The third-order valence-electron chi connectivity index (χ3n) is 5.70. The standard InChI is InChI=1S/C25H34N4OS/c1-3-28(23-14-8-20(2)9-15-23)19-7-16-26-25(31)27-22-12-10-21(11-13-22)24(30)29-17-5-4-6-18-29/h8-15H,3-7,16-19H2,1-2H3,(H2,26,27,31). The molecule has 1 fully saturated rings. The minimum atomic E-state index is 0.126. The van der Waals surface area contributed by atoms with Crippen molar-refractivity contribution in [3.05, 3.63) is 59.7 Å². The van der Waals surface area contributed by atoms with Crippen LogP contribution >= 0.6 is 12.2 Å². The summed E-state index contributed by atoms with van der Waals surface area (Å²) in [5.74, 6) is 0.126. The Morgan fingerprint density at radius 1 is 1.03 bits per heavy atom. The minimum Gasteiger partial charge on any atom is -0.372 e. The van der Waals surface area contributed by atoms with Crippen LogP contribution in [0.2, 0.25) is 0 Å². The Hall–Kier alpha value is -2.60. The number of amides is 1. The lowest BCUT2D eigenvalue weighted by Crippen LogP contribution is -2.35. The van der Waals surface area contributed by atoms with Gasteiger partial charge in [-0.25, -0.2) is 0 Å². The van der Waals surface area contributed by atoms with Gasteiger partial charge in [0.15, 0.2) is 5.11 Å². The predicted octanol–water partition coefficient (Wildman–Crippen LogP) is 4.82. The number of likely N-dealkylation sites (tertiary alicyclic amines) is 1. The highest BCUT2D eigenvalue weighted by atomic mass is 32.1. The summed E-state index contributed by atoms with van der Waals surface area (Å²) in [7, 11) is 0. The molecule has 1 saturated heterocycles. The van der Waals surface area contributed by atoms with Crippen molar-refractivity contribution in [2.75, 3.05) is 42.9 Å². The molecule has 2 aromatic rings. The van der Waals surface area contributed by atoms with Crippen molar-refractivity contribution >= 4 is 34.6 Å². The molecule has 2 N–H and O–H groups in total. The number of hydrogen-bond acceptors (Lipinski definition) is 3. The van der Waals surface area contributed by atoms with Crippen LogP contribution in [0.5, 0.6) is 0 Å². The number of nitrogens with zero attached hydrogens (tertiary/aromatic N) is 2. The number of piperidine rings is 1. The fourth-order valence-electron chi connectivity index (χ4n) is 3.85. The van der Waals surface area contributed by atoms with E-state index in [2.05, 4.69) is 53.6 Å². The van der Waals surface area contributed by atoms with Gasteiger partial charge in [0.25, 0.3) is 5.91 Å². The number of rotatable bonds is 8. The van der Waals surface area contributed by atoms with E-state index in [9.17, 15) is 4.79 Å². The monoisotopic (exact) mass is 438 g/mol. The molecule has 0 aliphatic carbocycles. The van der Waals surface area contributed by atoms with Crippen molar-refractivity contribution in [1.29, 1.82) is 0 Å². The lowest BCUT2D eigenvalue weighted by atomic mass is 10.1. The van der Waals surface area contributed by atoms with Gasteiger partial charge in [0, 0.05) is 49.7 Å². The van der Waals surface area contributed by atoms with Gasteiger partial charge >= 0.3 is 0 Å². The molecular weight excluding hydrogens is 404 g/mol. The van der Waals surface area contributed by atoms with Crippen molar-refractivity contribution in [2.24, 2.45) is 0 Å².